The number of likely N-dealkylation sites (N-methyl/N-ethyl adjacent to an activating group) is 1. The summed E-state index contributed by atoms with van der Waals surface area (Å²) in [6, 6.07) is 0.682. The normalized spacial score (nSPS) is 22.2. The van der Waals surface area contributed by atoms with Gasteiger partial charge in [0.05, 0.1) is 12.3 Å². The second kappa shape index (κ2) is 6.34. The minimum Gasteiger partial charge on any atom is -0.371 e. The molecule has 122 valence electrons. The topological polar surface area (TPSA) is 63.5 Å². The Morgan fingerprint density at radius 2 is 2.18 bits per heavy atom. The molecule has 7 nitrogen and oxygen atoms in total. The fourth-order valence-corrected chi connectivity index (χ4v) is 3.23. The van der Waals surface area contributed by atoms with Crippen LogP contribution in [0.1, 0.15) is 36.6 Å². The first-order chi connectivity index (χ1) is 10.6. The largest absolute Gasteiger partial charge is 0.371 e. The minimum atomic E-state index is -0.00462. The van der Waals surface area contributed by atoms with Gasteiger partial charge in [0, 0.05) is 46.2 Å². The summed E-state index contributed by atoms with van der Waals surface area (Å²) < 4.78 is 7.53. The highest BCUT2D eigenvalue weighted by molar-refractivity contribution is 5.76. The van der Waals surface area contributed by atoms with Crippen LogP contribution >= 0.6 is 0 Å². The van der Waals surface area contributed by atoms with Crippen molar-refractivity contribution < 1.29 is 9.53 Å². The van der Waals surface area contributed by atoms with E-state index in [-0.39, 0.29) is 18.4 Å². The summed E-state index contributed by atoms with van der Waals surface area (Å²) in [6.07, 6.45) is 3.89. The average molecular weight is 307 g/mol. The molecule has 0 aromatic carbocycles. The molecule has 2 heterocycles. The molecule has 1 amide bonds. The molecule has 0 radical (unpaired) electrons. The third-order valence-electron chi connectivity index (χ3n) is 4.77. The molecular weight excluding hydrogens is 282 g/mol. The van der Waals surface area contributed by atoms with Crippen LogP contribution in [0.15, 0.2) is 0 Å². The molecule has 0 spiro atoms. The standard InChI is InChI=1S/C15H25N5O2/c1-18(2)14(21)10-22-9-11-7-20(12-5-4-6-12)8-13-15(11)19(3)17-16-13/h11-12H,4-10H2,1-3H3/t11-/m0/s1. The monoisotopic (exact) mass is 307 g/mol. The Kier molecular flexibility index (Phi) is 4.44. The van der Waals surface area contributed by atoms with E-state index in [1.165, 1.54) is 19.3 Å². The van der Waals surface area contributed by atoms with Crippen molar-refractivity contribution in [3.05, 3.63) is 11.4 Å². The number of carbonyl (C=O) groups is 1. The van der Waals surface area contributed by atoms with E-state index in [0.717, 1.165) is 24.5 Å². The van der Waals surface area contributed by atoms with Gasteiger partial charge in [-0.2, -0.15) is 0 Å². The number of rotatable bonds is 5. The lowest BCUT2D eigenvalue weighted by Crippen LogP contribution is -2.45. The van der Waals surface area contributed by atoms with Crippen molar-refractivity contribution in [1.82, 2.24) is 24.8 Å². The van der Waals surface area contributed by atoms with Crippen LogP contribution in [0.4, 0.5) is 0 Å². The summed E-state index contributed by atoms with van der Waals surface area (Å²) in [5.41, 5.74) is 2.22. The van der Waals surface area contributed by atoms with Gasteiger partial charge in [0.15, 0.2) is 0 Å². The summed E-state index contributed by atoms with van der Waals surface area (Å²) in [4.78, 5) is 15.7. The zero-order valence-corrected chi connectivity index (χ0v) is 13.7. The quantitative estimate of drug-likeness (QED) is 0.786. The third kappa shape index (κ3) is 3.01. The van der Waals surface area contributed by atoms with Crippen molar-refractivity contribution in [2.24, 2.45) is 7.05 Å². The van der Waals surface area contributed by atoms with E-state index in [1.54, 1.807) is 19.0 Å². The Labute approximate surface area is 131 Å². The summed E-state index contributed by atoms with van der Waals surface area (Å²) in [5.74, 6) is 0.231. The predicted molar refractivity (Wildman–Crippen MR) is 81.3 cm³/mol. The van der Waals surface area contributed by atoms with Crippen LogP contribution in [0.5, 0.6) is 0 Å². The van der Waals surface area contributed by atoms with Crippen LogP contribution in [0.3, 0.4) is 0 Å². The van der Waals surface area contributed by atoms with Gasteiger partial charge in [-0.1, -0.05) is 11.6 Å². The zero-order chi connectivity index (χ0) is 15.7. The summed E-state index contributed by atoms with van der Waals surface area (Å²) >= 11 is 0. The molecule has 0 unspecified atom stereocenters. The van der Waals surface area contributed by atoms with Crippen LogP contribution in [0.2, 0.25) is 0 Å². The van der Waals surface area contributed by atoms with Crippen molar-refractivity contribution in [2.75, 3.05) is 33.9 Å². The Bertz CT molecular complexity index is 538. The van der Waals surface area contributed by atoms with Gasteiger partial charge in [0.25, 0.3) is 0 Å². The van der Waals surface area contributed by atoms with E-state index in [9.17, 15) is 4.79 Å². The van der Waals surface area contributed by atoms with Gasteiger partial charge < -0.3 is 9.64 Å². The molecule has 3 rings (SSSR count). The highest BCUT2D eigenvalue weighted by atomic mass is 16.5. The van der Waals surface area contributed by atoms with E-state index in [0.29, 0.717) is 12.6 Å². The van der Waals surface area contributed by atoms with Crippen LogP contribution in [-0.2, 0) is 23.1 Å². The number of carbonyl (C=O) groups excluding carboxylic acids is 1. The third-order valence-corrected chi connectivity index (χ3v) is 4.77. The first-order valence-electron chi connectivity index (χ1n) is 7.96. The molecule has 2 aliphatic rings. The molecule has 1 aliphatic carbocycles. The summed E-state index contributed by atoms with van der Waals surface area (Å²) in [6.45, 7) is 2.53. The van der Waals surface area contributed by atoms with E-state index in [4.69, 9.17) is 4.74 Å². The SMILES string of the molecule is CN(C)C(=O)COC[C@@H]1CN(C2CCC2)Cc2nnn(C)c21. The van der Waals surface area contributed by atoms with Crippen LogP contribution in [0.25, 0.3) is 0 Å². The van der Waals surface area contributed by atoms with E-state index in [2.05, 4.69) is 15.2 Å². The summed E-state index contributed by atoms with van der Waals surface area (Å²) in [5, 5.41) is 8.48. The number of hydrogen-bond donors (Lipinski definition) is 0. The lowest BCUT2D eigenvalue weighted by Gasteiger charge is -2.41. The number of aryl methyl sites for hydroxylation is 1. The van der Waals surface area contributed by atoms with Gasteiger partial charge in [-0.3, -0.25) is 14.4 Å². The number of ether oxygens (including phenoxy) is 1. The Morgan fingerprint density at radius 3 is 2.82 bits per heavy atom. The minimum absolute atomic E-state index is 0.00462. The molecule has 22 heavy (non-hydrogen) atoms. The van der Waals surface area contributed by atoms with Crippen molar-refractivity contribution in [1.29, 1.82) is 0 Å². The molecule has 1 aromatic rings. The Hall–Kier alpha value is -1.47. The fourth-order valence-electron chi connectivity index (χ4n) is 3.23. The maximum absolute atomic E-state index is 11.6. The molecule has 0 N–H and O–H groups in total. The number of aromatic nitrogens is 3. The van der Waals surface area contributed by atoms with Gasteiger partial charge in [0.1, 0.15) is 12.3 Å². The van der Waals surface area contributed by atoms with Crippen molar-refractivity contribution in [3.8, 4) is 0 Å². The molecule has 0 saturated heterocycles. The van der Waals surface area contributed by atoms with Crippen molar-refractivity contribution in [3.63, 3.8) is 0 Å². The lowest BCUT2D eigenvalue weighted by molar-refractivity contribution is -0.133. The number of fused-ring (bicyclic) bond motifs is 1. The van der Waals surface area contributed by atoms with Crippen LogP contribution < -0.4 is 0 Å². The second-order valence-corrected chi connectivity index (χ2v) is 6.56. The maximum atomic E-state index is 11.6. The lowest BCUT2D eigenvalue weighted by atomic mass is 9.88. The van der Waals surface area contributed by atoms with Gasteiger partial charge >= 0.3 is 0 Å². The van der Waals surface area contributed by atoms with Crippen LogP contribution in [-0.4, -0.2) is 70.6 Å². The van der Waals surface area contributed by atoms with Gasteiger partial charge in [-0.15, -0.1) is 5.10 Å². The number of amides is 1. The van der Waals surface area contributed by atoms with Crippen LogP contribution in [0, 0.1) is 0 Å². The van der Waals surface area contributed by atoms with Crippen molar-refractivity contribution >= 4 is 5.91 Å². The van der Waals surface area contributed by atoms with E-state index < -0.39 is 0 Å². The Morgan fingerprint density at radius 1 is 1.41 bits per heavy atom. The molecule has 1 fully saturated rings. The molecule has 1 saturated carbocycles. The first kappa shape index (κ1) is 15.4. The molecular formula is C15H25N5O2. The summed E-state index contributed by atoms with van der Waals surface area (Å²) in [7, 11) is 5.42. The Balaban J connectivity index is 1.65. The number of nitrogens with zero attached hydrogens (tertiary/aromatic N) is 5. The number of hydrogen-bond acceptors (Lipinski definition) is 5. The molecule has 1 atom stereocenters. The first-order valence-corrected chi connectivity index (χ1v) is 7.96. The van der Waals surface area contributed by atoms with Gasteiger partial charge in [-0.05, 0) is 12.8 Å². The van der Waals surface area contributed by atoms with Gasteiger partial charge in [-0.25, -0.2) is 0 Å². The zero-order valence-electron chi connectivity index (χ0n) is 13.7. The molecule has 1 aromatic heterocycles. The van der Waals surface area contributed by atoms with E-state index >= 15 is 0 Å². The second-order valence-electron chi connectivity index (χ2n) is 6.56. The highest BCUT2D eigenvalue weighted by Crippen LogP contribution is 2.33. The van der Waals surface area contributed by atoms with E-state index in [1.807, 2.05) is 11.7 Å². The highest BCUT2D eigenvalue weighted by Gasteiger charge is 2.35. The molecule has 0 bridgehead atoms. The molecule has 1 aliphatic heterocycles. The fraction of sp³-hybridized carbons (Fsp3) is 0.800. The van der Waals surface area contributed by atoms with Crippen molar-refractivity contribution in [2.45, 2.75) is 37.8 Å². The average Bonchev–Trinajstić information content (AvgIpc) is 2.78. The smallest absolute Gasteiger partial charge is 0.248 e. The molecule has 7 heteroatoms. The predicted octanol–water partition coefficient (Wildman–Crippen LogP) is 0.372. The maximum Gasteiger partial charge on any atom is 0.248 e. The van der Waals surface area contributed by atoms with Gasteiger partial charge in [0.2, 0.25) is 5.91 Å².